The van der Waals surface area contributed by atoms with Crippen molar-refractivity contribution < 1.29 is 17.9 Å². The van der Waals surface area contributed by atoms with E-state index in [2.05, 4.69) is 0 Å². The summed E-state index contributed by atoms with van der Waals surface area (Å²) in [5.41, 5.74) is 0.979. The molecule has 2 nitrogen and oxygen atoms in total. The van der Waals surface area contributed by atoms with Crippen molar-refractivity contribution in [2.45, 2.75) is 19.1 Å². The number of ether oxygens (including phenoxy) is 1. The van der Waals surface area contributed by atoms with E-state index in [-0.39, 0.29) is 0 Å². The molecule has 1 heterocycles. The number of benzene rings is 1. The molecule has 0 bridgehead atoms. The number of alkyl halides is 3. The Hall–Kier alpha value is -1.23. The molecule has 0 aliphatic carbocycles. The van der Waals surface area contributed by atoms with Crippen molar-refractivity contribution in [1.82, 2.24) is 4.90 Å². The number of rotatable bonds is 1. The maximum absolute atomic E-state index is 12.7. The van der Waals surface area contributed by atoms with Crippen LogP contribution in [-0.4, -0.2) is 25.6 Å². The molecule has 0 spiro atoms. The van der Waals surface area contributed by atoms with Gasteiger partial charge in [0.2, 0.25) is 0 Å². The van der Waals surface area contributed by atoms with Gasteiger partial charge in [-0.2, -0.15) is 13.2 Å². The van der Waals surface area contributed by atoms with E-state index in [4.69, 9.17) is 4.74 Å². The van der Waals surface area contributed by atoms with Crippen LogP contribution in [0.15, 0.2) is 12.1 Å². The molecule has 17 heavy (non-hydrogen) atoms. The summed E-state index contributed by atoms with van der Waals surface area (Å²) in [6, 6.07) is 2.32. The fourth-order valence-corrected chi connectivity index (χ4v) is 2.15. The summed E-state index contributed by atoms with van der Waals surface area (Å²) < 4.78 is 43.2. The third-order valence-electron chi connectivity index (χ3n) is 3.03. The molecule has 0 amide bonds. The van der Waals surface area contributed by atoms with Crippen LogP contribution in [0.4, 0.5) is 13.2 Å². The molecule has 0 fully saturated rings. The number of halogens is 3. The average molecular weight is 245 g/mol. The molecule has 5 heteroatoms. The lowest BCUT2D eigenvalue weighted by Gasteiger charge is -2.27. The summed E-state index contributed by atoms with van der Waals surface area (Å²) >= 11 is 0. The SMILES string of the molecule is COc1cc(C(F)(F)F)cc2c1CCN(C)C2. The normalized spacial score (nSPS) is 16.8. The number of nitrogens with zero attached hydrogens (tertiary/aromatic N) is 1. The number of fused-ring (bicyclic) bond motifs is 1. The summed E-state index contributed by atoms with van der Waals surface area (Å²) in [7, 11) is 3.31. The van der Waals surface area contributed by atoms with E-state index >= 15 is 0 Å². The fraction of sp³-hybridized carbons (Fsp3) is 0.500. The van der Waals surface area contributed by atoms with Crippen LogP contribution >= 0.6 is 0 Å². The Bertz CT molecular complexity index is 428. The van der Waals surface area contributed by atoms with E-state index in [1.807, 2.05) is 11.9 Å². The van der Waals surface area contributed by atoms with Crippen molar-refractivity contribution in [3.05, 3.63) is 28.8 Å². The summed E-state index contributed by atoms with van der Waals surface area (Å²) in [6.45, 7) is 1.38. The second-order valence-corrected chi connectivity index (χ2v) is 4.30. The van der Waals surface area contributed by atoms with Gasteiger partial charge in [-0.25, -0.2) is 0 Å². The van der Waals surface area contributed by atoms with Gasteiger partial charge >= 0.3 is 6.18 Å². The van der Waals surface area contributed by atoms with E-state index in [1.165, 1.54) is 13.2 Å². The molecule has 0 N–H and O–H groups in total. The molecular weight excluding hydrogens is 231 g/mol. The second kappa shape index (κ2) is 4.22. The van der Waals surface area contributed by atoms with Gasteiger partial charge in [0.1, 0.15) is 5.75 Å². The zero-order chi connectivity index (χ0) is 12.6. The van der Waals surface area contributed by atoms with Gasteiger partial charge in [-0.05, 0) is 36.7 Å². The van der Waals surface area contributed by atoms with E-state index in [9.17, 15) is 13.2 Å². The Kier molecular flexibility index (Phi) is 3.03. The van der Waals surface area contributed by atoms with Crippen molar-refractivity contribution in [3.8, 4) is 5.75 Å². The van der Waals surface area contributed by atoms with Crippen LogP contribution in [-0.2, 0) is 19.1 Å². The molecule has 2 rings (SSSR count). The predicted molar refractivity (Wildman–Crippen MR) is 58.0 cm³/mol. The first-order valence-corrected chi connectivity index (χ1v) is 5.37. The number of hydrogen-bond donors (Lipinski definition) is 0. The van der Waals surface area contributed by atoms with Crippen LogP contribution in [0.5, 0.6) is 5.75 Å². The highest BCUT2D eigenvalue weighted by Crippen LogP contribution is 2.36. The number of likely N-dealkylation sites (N-methyl/N-ethyl adjacent to an activating group) is 1. The van der Waals surface area contributed by atoms with Crippen molar-refractivity contribution >= 4 is 0 Å². The van der Waals surface area contributed by atoms with Crippen LogP contribution in [0.2, 0.25) is 0 Å². The third kappa shape index (κ3) is 2.39. The minimum absolute atomic E-state index is 0.350. The summed E-state index contributed by atoms with van der Waals surface area (Å²) in [6.07, 6.45) is -3.59. The first kappa shape index (κ1) is 12.2. The molecule has 1 aliphatic heterocycles. The van der Waals surface area contributed by atoms with Crippen LogP contribution < -0.4 is 4.74 Å². The van der Waals surface area contributed by atoms with Gasteiger partial charge in [0, 0.05) is 13.1 Å². The van der Waals surface area contributed by atoms with Crippen molar-refractivity contribution in [2.24, 2.45) is 0 Å². The molecule has 0 saturated heterocycles. The minimum Gasteiger partial charge on any atom is -0.496 e. The van der Waals surface area contributed by atoms with E-state index < -0.39 is 11.7 Å². The molecule has 0 radical (unpaired) electrons. The maximum atomic E-state index is 12.7. The van der Waals surface area contributed by atoms with Gasteiger partial charge < -0.3 is 9.64 Å². The number of methoxy groups -OCH3 is 1. The molecule has 94 valence electrons. The average Bonchev–Trinajstić information content (AvgIpc) is 2.25. The van der Waals surface area contributed by atoms with Crippen molar-refractivity contribution in [2.75, 3.05) is 20.7 Å². The minimum atomic E-state index is -4.32. The van der Waals surface area contributed by atoms with E-state index in [0.717, 1.165) is 24.6 Å². The van der Waals surface area contributed by atoms with Gasteiger partial charge in [0.25, 0.3) is 0 Å². The molecular formula is C12H14F3NO. The van der Waals surface area contributed by atoms with Crippen molar-refractivity contribution in [1.29, 1.82) is 0 Å². The lowest BCUT2D eigenvalue weighted by Crippen LogP contribution is -2.27. The van der Waals surface area contributed by atoms with E-state index in [1.54, 1.807) is 0 Å². The Labute approximate surface area is 98.0 Å². The Morgan fingerprint density at radius 3 is 2.59 bits per heavy atom. The predicted octanol–water partition coefficient (Wildman–Crippen LogP) is 2.70. The van der Waals surface area contributed by atoms with Crippen LogP contribution in [0, 0.1) is 0 Å². The number of hydrogen-bond acceptors (Lipinski definition) is 2. The highest BCUT2D eigenvalue weighted by atomic mass is 19.4. The standard InChI is InChI=1S/C12H14F3NO/c1-16-4-3-10-8(7-16)5-9(12(13,14)15)6-11(10)17-2/h5-6H,3-4,7H2,1-2H3. The van der Waals surface area contributed by atoms with Gasteiger partial charge in [-0.1, -0.05) is 0 Å². The second-order valence-electron chi connectivity index (χ2n) is 4.30. The fourth-order valence-electron chi connectivity index (χ4n) is 2.15. The topological polar surface area (TPSA) is 12.5 Å². The van der Waals surface area contributed by atoms with Crippen LogP contribution in [0.25, 0.3) is 0 Å². The lowest BCUT2D eigenvalue weighted by atomic mass is 9.96. The quantitative estimate of drug-likeness (QED) is 0.754. The summed E-state index contributed by atoms with van der Waals surface area (Å²) in [5, 5.41) is 0. The Balaban J connectivity index is 2.51. The van der Waals surface area contributed by atoms with Gasteiger partial charge in [0.15, 0.2) is 0 Å². The molecule has 0 aromatic heterocycles. The summed E-state index contributed by atoms with van der Waals surface area (Å²) in [4.78, 5) is 2.00. The van der Waals surface area contributed by atoms with Crippen LogP contribution in [0.1, 0.15) is 16.7 Å². The van der Waals surface area contributed by atoms with Gasteiger partial charge in [0.05, 0.1) is 12.7 Å². The van der Waals surface area contributed by atoms with Crippen LogP contribution in [0.3, 0.4) is 0 Å². The third-order valence-corrected chi connectivity index (χ3v) is 3.03. The maximum Gasteiger partial charge on any atom is 0.416 e. The smallest absolute Gasteiger partial charge is 0.416 e. The zero-order valence-electron chi connectivity index (χ0n) is 9.77. The Morgan fingerprint density at radius 2 is 2.00 bits per heavy atom. The molecule has 0 atom stereocenters. The van der Waals surface area contributed by atoms with Gasteiger partial charge in [-0.15, -0.1) is 0 Å². The van der Waals surface area contributed by atoms with Gasteiger partial charge in [-0.3, -0.25) is 0 Å². The molecule has 1 aliphatic rings. The monoisotopic (exact) mass is 245 g/mol. The largest absolute Gasteiger partial charge is 0.496 e. The zero-order valence-corrected chi connectivity index (χ0v) is 9.77. The highest BCUT2D eigenvalue weighted by Gasteiger charge is 2.33. The lowest BCUT2D eigenvalue weighted by molar-refractivity contribution is -0.137. The van der Waals surface area contributed by atoms with E-state index in [0.29, 0.717) is 17.9 Å². The first-order valence-electron chi connectivity index (χ1n) is 5.37. The molecule has 0 unspecified atom stereocenters. The van der Waals surface area contributed by atoms with Crippen molar-refractivity contribution in [3.63, 3.8) is 0 Å². The summed E-state index contributed by atoms with van der Waals surface area (Å²) in [5.74, 6) is 0.350. The molecule has 1 aromatic rings. The Morgan fingerprint density at radius 1 is 1.29 bits per heavy atom. The highest BCUT2D eigenvalue weighted by molar-refractivity contribution is 5.46. The first-order chi connectivity index (χ1) is 7.91. The molecule has 1 aromatic carbocycles. The molecule has 0 saturated carbocycles.